The van der Waals surface area contributed by atoms with E-state index in [2.05, 4.69) is 25.6 Å². The summed E-state index contributed by atoms with van der Waals surface area (Å²) in [6, 6.07) is 7.91. The fourth-order valence-electron chi connectivity index (χ4n) is 3.37. The van der Waals surface area contributed by atoms with Crippen molar-refractivity contribution in [3.05, 3.63) is 47.8 Å². The maximum absolute atomic E-state index is 12.2. The molecule has 1 amide bonds. The number of morpholine rings is 1. The highest BCUT2D eigenvalue weighted by Gasteiger charge is 2.25. The molecule has 2 unspecified atom stereocenters. The van der Waals surface area contributed by atoms with Crippen molar-refractivity contribution < 1.29 is 9.53 Å². The highest BCUT2D eigenvalue weighted by atomic mass is 16.5. The second kappa shape index (κ2) is 10.2. The summed E-state index contributed by atoms with van der Waals surface area (Å²) < 4.78 is 7.72. The molecule has 1 aromatic heterocycles. The number of aromatic nitrogens is 2. The van der Waals surface area contributed by atoms with E-state index in [-0.39, 0.29) is 17.9 Å². The molecule has 2 N–H and O–H groups in total. The van der Waals surface area contributed by atoms with Crippen molar-refractivity contribution >= 4 is 17.6 Å². The number of benzene rings is 1. The van der Waals surface area contributed by atoms with Crippen molar-refractivity contribution in [2.24, 2.45) is 18.0 Å². The molecule has 30 heavy (non-hydrogen) atoms. The first-order valence-electron chi connectivity index (χ1n) is 10.5. The van der Waals surface area contributed by atoms with Crippen LogP contribution in [0.25, 0.3) is 0 Å². The Labute approximate surface area is 178 Å². The number of carbonyl (C=O) groups is 1. The number of rotatable bonds is 6. The van der Waals surface area contributed by atoms with Crippen LogP contribution in [0.3, 0.4) is 0 Å². The van der Waals surface area contributed by atoms with Crippen LogP contribution < -0.4 is 10.6 Å². The van der Waals surface area contributed by atoms with Crippen molar-refractivity contribution in [3.63, 3.8) is 0 Å². The number of aryl methyl sites for hydroxylation is 1. The smallest absolute Gasteiger partial charge is 0.227 e. The number of ether oxygens (including phenoxy) is 1. The van der Waals surface area contributed by atoms with Gasteiger partial charge in [0.1, 0.15) is 6.10 Å². The third-order valence-electron chi connectivity index (χ3n) is 5.38. The molecular weight excluding hydrogens is 380 g/mol. The Balaban J connectivity index is 1.59. The monoisotopic (exact) mass is 412 g/mol. The minimum absolute atomic E-state index is 0.000288. The third kappa shape index (κ3) is 5.60. The number of guanidine groups is 1. The van der Waals surface area contributed by atoms with Gasteiger partial charge in [0, 0.05) is 50.6 Å². The molecule has 1 fully saturated rings. The summed E-state index contributed by atoms with van der Waals surface area (Å²) in [4.78, 5) is 18.8. The van der Waals surface area contributed by atoms with Crippen LogP contribution in [0.4, 0.5) is 5.69 Å². The molecule has 162 valence electrons. The molecule has 0 aliphatic carbocycles. The minimum atomic E-state index is -0.0231. The van der Waals surface area contributed by atoms with Crippen LogP contribution in [0.2, 0.25) is 0 Å². The molecule has 2 heterocycles. The van der Waals surface area contributed by atoms with Crippen LogP contribution in [0, 0.1) is 5.92 Å². The van der Waals surface area contributed by atoms with Crippen molar-refractivity contribution in [1.82, 2.24) is 20.0 Å². The van der Waals surface area contributed by atoms with Crippen LogP contribution in [0.15, 0.2) is 41.7 Å². The molecule has 0 spiro atoms. The number of nitrogens with zero attached hydrogens (tertiary/aromatic N) is 4. The van der Waals surface area contributed by atoms with Gasteiger partial charge in [-0.25, -0.2) is 0 Å². The first kappa shape index (κ1) is 21.8. The number of carbonyl (C=O) groups excluding carboxylic acids is 1. The average molecular weight is 413 g/mol. The van der Waals surface area contributed by atoms with E-state index >= 15 is 0 Å². The molecule has 8 heteroatoms. The summed E-state index contributed by atoms with van der Waals surface area (Å²) in [5.41, 5.74) is 2.97. The predicted molar refractivity (Wildman–Crippen MR) is 118 cm³/mol. The Morgan fingerprint density at radius 1 is 1.43 bits per heavy atom. The molecule has 1 aliphatic heterocycles. The van der Waals surface area contributed by atoms with Crippen molar-refractivity contribution in [2.45, 2.75) is 32.9 Å². The highest BCUT2D eigenvalue weighted by Crippen LogP contribution is 2.21. The number of aliphatic imine (C=N–C) groups is 1. The summed E-state index contributed by atoms with van der Waals surface area (Å²) >= 11 is 0. The number of hydrogen-bond donors (Lipinski definition) is 2. The Morgan fingerprint density at radius 2 is 2.27 bits per heavy atom. The largest absolute Gasteiger partial charge is 0.370 e. The number of nitrogens with one attached hydrogen (secondary N) is 2. The van der Waals surface area contributed by atoms with E-state index in [1.807, 2.05) is 57.6 Å². The molecule has 0 bridgehead atoms. The Hall–Kier alpha value is -2.87. The highest BCUT2D eigenvalue weighted by molar-refractivity contribution is 5.92. The van der Waals surface area contributed by atoms with E-state index in [9.17, 15) is 4.79 Å². The maximum atomic E-state index is 12.2. The normalized spacial score (nSPS) is 18.2. The summed E-state index contributed by atoms with van der Waals surface area (Å²) in [6.07, 6.45) is 4.64. The molecule has 1 aromatic carbocycles. The van der Waals surface area contributed by atoms with Crippen LogP contribution in [0.1, 0.15) is 37.5 Å². The van der Waals surface area contributed by atoms with Gasteiger partial charge in [-0.15, -0.1) is 0 Å². The fourth-order valence-corrected chi connectivity index (χ4v) is 3.37. The Kier molecular flexibility index (Phi) is 7.46. The number of amides is 1. The van der Waals surface area contributed by atoms with Crippen LogP contribution in [0.5, 0.6) is 0 Å². The lowest BCUT2D eigenvalue weighted by atomic mass is 10.1. The van der Waals surface area contributed by atoms with E-state index in [4.69, 9.17) is 4.74 Å². The first-order valence-corrected chi connectivity index (χ1v) is 10.5. The third-order valence-corrected chi connectivity index (χ3v) is 5.38. The summed E-state index contributed by atoms with van der Waals surface area (Å²) in [7, 11) is 3.70. The summed E-state index contributed by atoms with van der Waals surface area (Å²) in [6.45, 7) is 6.70. The molecule has 1 saturated heterocycles. The van der Waals surface area contributed by atoms with Gasteiger partial charge in [0.05, 0.1) is 19.3 Å². The SMILES string of the molecule is CCC(C)C(=O)Nc1cccc(CNC(=NC)N2CCOC(c3cnn(C)c3)C2)c1. The van der Waals surface area contributed by atoms with Crippen molar-refractivity contribution in [3.8, 4) is 0 Å². The molecule has 2 atom stereocenters. The molecule has 1 aliphatic rings. The summed E-state index contributed by atoms with van der Waals surface area (Å²) in [5, 5.41) is 10.7. The lowest BCUT2D eigenvalue weighted by Crippen LogP contribution is -2.47. The summed E-state index contributed by atoms with van der Waals surface area (Å²) in [5.74, 6) is 0.883. The molecule has 0 radical (unpaired) electrons. The van der Waals surface area contributed by atoms with Gasteiger partial charge in [-0.05, 0) is 24.1 Å². The molecule has 0 saturated carbocycles. The van der Waals surface area contributed by atoms with Gasteiger partial charge in [0.15, 0.2) is 5.96 Å². The van der Waals surface area contributed by atoms with Gasteiger partial charge in [0.25, 0.3) is 0 Å². The quantitative estimate of drug-likeness (QED) is 0.563. The lowest BCUT2D eigenvalue weighted by molar-refractivity contribution is -0.119. The second-order valence-electron chi connectivity index (χ2n) is 7.65. The number of hydrogen-bond acceptors (Lipinski definition) is 4. The van der Waals surface area contributed by atoms with Crippen LogP contribution in [-0.4, -0.2) is 53.3 Å². The zero-order valence-corrected chi connectivity index (χ0v) is 18.3. The van der Waals surface area contributed by atoms with Crippen molar-refractivity contribution in [1.29, 1.82) is 0 Å². The molecule has 3 rings (SSSR count). The van der Waals surface area contributed by atoms with Gasteiger partial charge in [-0.2, -0.15) is 5.10 Å². The Bertz CT molecular complexity index is 878. The predicted octanol–water partition coefficient (Wildman–Crippen LogP) is 2.55. The van der Waals surface area contributed by atoms with E-state index in [1.54, 1.807) is 11.7 Å². The number of anilines is 1. The molecule has 2 aromatic rings. The van der Waals surface area contributed by atoms with Gasteiger partial charge < -0.3 is 20.3 Å². The van der Waals surface area contributed by atoms with Gasteiger partial charge in [-0.3, -0.25) is 14.5 Å². The minimum Gasteiger partial charge on any atom is -0.370 e. The molecule has 8 nitrogen and oxygen atoms in total. The lowest BCUT2D eigenvalue weighted by Gasteiger charge is -2.34. The van der Waals surface area contributed by atoms with Crippen LogP contribution >= 0.6 is 0 Å². The van der Waals surface area contributed by atoms with Gasteiger partial charge in [0.2, 0.25) is 5.91 Å². The van der Waals surface area contributed by atoms with Crippen LogP contribution in [-0.2, 0) is 23.1 Å². The van der Waals surface area contributed by atoms with E-state index in [0.717, 1.165) is 42.3 Å². The molecular formula is C22H32N6O2. The topological polar surface area (TPSA) is 83.8 Å². The van der Waals surface area contributed by atoms with Gasteiger partial charge >= 0.3 is 0 Å². The van der Waals surface area contributed by atoms with Gasteiger partial charge in [-0.1, -0.05) is 26.0 Å². The van der Waals surface area contributed by atoms with E-state index in [1.165, 1.54) is 0 Å². The second-order valence-corrected chi connectivity index (χ2v) is 7.65. The zero-order valence-electron chi connectivity index (χ0n) is 18.3. The first-order chi connectivity index (χ1) is 14.5. The standard InChI is InChI=1S/C22H32N6O2/c1-5-16(2)21(29)26-19-8-6-7-17(11-19)12-24-22(23-3)28-9-10-30-20(15-28)18-13-25-27(4)14-18/h6-8,11,13-14,16,20H,5,9-10,12,15H2,1-4H3,(H,23,24)(H,26,29). The van der Waals surface area contributed by atoms with E-state index in [0.29, 0.717) is 13.2 Å². The Morgan fingerprint density at radius 3 is 2.97 bits per heavy atom. The fraction of sp³-hybridized carbons (Fsp3) is 0.500. The maximum Gasteiger partial charge on any atom is 0.227 e. The van der Waals surface area contributed by atoms with Crippen molar-refractivity contribution in [2.75, 3.05) is 32.1 Å². The average Bonchev–Trinajstić information content (AvgIpc) is 3.20. The zero-order chi connectivity index (χ0) is 21.5. The van der Waals surface area contributed by atoms with E-state index < -0.39 is 0 Å².